The molecule has 0 amide bonds. The predicted molar refractivity (Wildman–Crippen MR) is 73.8 cm³/mol. The monoisotopic (exact) mass is 261 g/mol. The Bertz CT molecular complexity index is 628. The SMILES string of the molecule is Cc1cc2c(NCc3cccs3)ncnc2s1. The highest BCUT2D eigenvalue weighted by Crippen LogP contribution is 2.27. The van der Waals surface area contributed by atoms with Gasteiger partial charge in [-0.05, 0) is 24.4 Å². The number of hydrogen-bond donors (Lipinski definition) is 1. The molecule has 3 aromatic rings. The van der Waals surface area contributed by atoms with Crippen LogP contribution >= 0.6 is 22.7 Å². The predicted octanol–water partition coefficient (Wildman–Crippen LogP) is 3.67. The summed E-state index contributed by atoms with van der Waals surface area (Å²) in [5.74, 6) is 0.924. The van der Waals surface area contributed by atoms with Gasteiger partial charge in [0.1, 0.15) is 17.0 Å². The molecule has 0 aliphatic rings. The van der Waals surface area contributed by atoms with Crippen LogP contribution in [0.4, 0.5) is 5.82 Å². The van der Waals surface area contributed by atoms with Crippen molar-refractivity contribution in [2.45, 2.75) is 13.5 Å². The van der Waals surface area contributed by atoms with Gasteiger partial charge in [-0.15, -0.1) is 22.7 Å². The summed E-state index contributed by atoms with van der Waals surface area (Å²) in [6.45, 7) is 2.91. The second-order valence-electron chi connectivity index (χ2n) is 3.73. The summed E-state index contributed by atoms with van der Waals surface area (Å²) in [5, 5.41) is 6.57. The Hall–Kier alpha value is -1.46. The average Bonchev–Trinajstić information content (AvgIpc) is 2.93. The van der Waals surface area contributed by atoms with E-state index >= 15 is 0 Å². The van der Waals surface area contributed by atoms with Crippen molar-refractivity contribution in [2.75, 3.05) is 5.32 Å². The zero-order valence-corrected chi connectivity index (χ0v) is 10.9. The number of nitrogens with one attached hydrogen (secondary N) is 1. The van der Waals surface area contributed by atoms with E-state index in [1.807, 2.05) is 0 Å². The summed E-state index contributed by atoms with van der Waals surface area (Å²) in [7, 11) is 0. The zero-order chi connectivity index (χ0) is 11.7. The summed E-state index contributed by atoms with van der Waals surface area (Å²) in [5.41, 5.74) is 0. The minimum absolute atomic E-state index is 0.818. The number of nitrogens with zero attached hydrogens (tertiary/aromatic N) is 2. The number of aryl methyl sites for hydroxylation is 1. The molecule has 0 radical (unpaired) electrons. The van der Waals surface area contributed by atoms with E-state index in [0.29, 0.717) is 0 Å². The highest BCUT2D eigenvalue weighted by molar-refractivity contribution is 7.18. The van der Waals surface area contributed by atoms with Crippen LogP contribution in [0.5, 0.6) is 0 Å². The molecule has 5 heteroatoms. The lowest BCUT2D eigenvalue weighted by Crippen LogP contribution is -2.00. The maximum atomic E-state index is 4.31. The first-order chi connectivity index (χ1) is 8.33. The summed E-state index contributed by atoms with van der Waals surface area (Å²) >= 11 is 3.45. The largest absolute Gasteiger partial charge is 0.365 e. The number of aromatic nitrogens is 2. The number of fused-ring (bicyclic) bond motifs is 1. The molecule has 86 valence electrons. The molecule has 0 saturated heterocycles. The van der Waals surface area contributed by atoms with E-state index in [9.17, 15) is 0 Å². The van der Waals surface area contributed by atoms with E-state index in [1.165, 1.54) is 9.75 Å². The average molecular weight is 261 g/mol. The highest BCUT2D eigenvalue weighted by Gasteiger charge is 2.06. The van der Waals surface area contributed by atoms with E-state index in [4.69, 9.17) is 0 Å². The van der Waals surface area contributed by atoms with Gasteiger partial charge in [-0.3, -0.25) is 0 Å². The van der Waals surface area contributed by atoms with Gasteiger partial charge in [0.05, 0.1) is 11.9 Å². The van der Waals surface area contributed by atoms with Gasteiger partial charge < -0.3 is 5.32 Å². The molecule has 0 aliphatic heterocycles. The summed E-state index contributed by atoms with van der Waals surface area (Å²) in [6.07, 6.45) is 1.62. The molecular formula is C12H11N3S2. The van der Waals surface area contributed by atoms with Gasteiger partial charge in [0.15, 0.2) is 0 Å². The highest BCUT2D eigenvalue weighted by atomic mass is 32.1. The molecule has 0 aromatic carbocycles. The maximum absolute atomic E-state index is 4.31. The van der Waals surface area contributed by atoms with Crippen LogP contribution in [0.1, 0.15) is 9.75 Å². The quantitative estimate of drug-likeness (QED) is 0.781. The molecule has 0 fully saturated rings. The Balaban J connectivity index is 1.89. The Morgan fingerprint density at radius 3 is 3.12 bits per heavy atom. The van der Waals surface area contributed by atoms with Crippen molar-refractivity contribution in [2.24, 2.45) is 0 Å². The van der Waals surface area contributed by atoms with Crippen LogP contribution in [0.15, 0.2) is 29.9 Å². The first kappa shape index (κ1) is 10.7. The van der Waals surface area contributed by atoms with Gasteiger partial charge in [-0.2, -0.15) is 0 Å². The second kappa shape index (κ2) is 4.43. The second-order valence-corrected chi connectivity index (χ2v) is 6.00. The molecule has 0 unspecified atom stereocenters. The third kappa shape index (κ3) is 2.16. The number of thiophene rings is 2. The summed E-state index contributed by atoms with van der Waals surface area (Å²) < 4.78 is 0. The lowest BCUT2D eigenvalue weighted by Gasteiger charge is -2.04. The van der Waals surface area contributed by atoms with Gasteiger partial charge in [0.25, 0.3) is 0 Å². The van der Waals surface area contributed by atoms with Crippen molar-refractivity contribution < 1.29 is 0 Å². The minimum atomic E-state index is 0.818. The van der Waals surface area contributed by atoms with Gasteiger partial charge in [-0.25, -0.2) is 9.97 Å². The van der Waals surface area contributed by atoms with Crippen LogP contribution in [-0.4, -0.2) is 9.97 Å². The first-order valence-corrected chi connectivity index (χ1v) is 7.00. The van der Waals surface area contributed by atoms with Crippen molar-refractivity contribution in [1.82, 2.24) is 9.97 Å². The molecule has 3 heterocycles. The van der Waals surface area contributed by atoms with Crippen molar-refractivity contribution >= 4 is 38.7 Å². The Morgan fingerprint density at radius 1 is 1.35 bits per heavy atom. The van der Waals surface area contributed by atoms with E-state index in [1.54, 1.807) is 29.0 Å². The van der Waals surface area contributed by atoms with Crippen molar-refractivity contribution in [3.05, 3.63) is 39.7 Å². The van der Waals surface area contributed by atoms with Crippen molar-refractivity contribution in [3.63, 3.8) is 0 Å². The standard InChI is InChI=1S/C12H11N3S2/c1-8-5-10-11(14-7-15-12(10)17-8)13-6-9-3-2-4-16-9/h2-5,7H,6H2,1H3,(H,13,14,15). The Morgan fingerprint density at radius 2 is 2.29 bits per heavy atom. The lowest BCUT2D eigenvalue weighted by molar-refractivity contribution is 1.13. The van der Waals surface area contributed by atoms with E-state index in [-0.39, 0.29) is 0 Å². The van der Waals surface area contributed by atoms with Gasteiger partial charge in [-0.1, -0.05) is 6.07 Å². The molecule has 3 aromatic heterocycles. The molecular weight excluding hydrogens is 250 g/mol. The van der Waals surface area contributed by atoms with Gasteiger partial charge in [0, 0.05) is 9.75 Å². The molecule has 0 saturated carbocycles. The van der Waals surface area contributed by atoms with Crippen LogP contribution in [0.3, 0.4) is 0 Å². The minimum Gasteiger partial charge on any atom is -0.365 e. The van der Waals surface area contributed by atoms with E-state index < -0.39 is 0 Å². The number of anilines is 1. The first-order valence-electron chi connectivity index (χ1n) is 5.30. The fourth-order valence-electron chi connectivity index (χ4n) is 1.70. The van der Waals surface area contributed by atoms with E-state index in [2.05, 4.69) is 45.8 Å². The van der Waals surface area contributed by atoms with Crippen LogP contribution in [0, 0.1) is 6.92 Å². The summed E-state index contributed by atoms with van der Waals surface area (Å²) in [4.78, 5) is 12.2. The number of hydrogen-bond acceptors (Lipinski definition) is 5. The normalized spacial score (nSPS) is 10.9. The molecule has 0 atom stereocenters. The third-order valence-electron chi connectivity index (χ3n) is 2.46. The molecule has 17 heavy (non-hydrogen) atoms. The molecule has 0 spiro atoms. The number of rotatable bonds is 3. The van der Waals surface area contributed by atoms with Crippen molar-refractivity contribution in [1.29, 1.82) is 0 Å². The van der Waals surface area contributed by atoms with Crippen LogP contribution in [0.25, 0.3) is 10.2 Å². The third-order valence-corrected chi connectivity index (χ3v) is 4.30. The van der Waals surface area contributed by atoms with Crippen LogP contribution < -0.4 is 5.32 Å². The lowest BCUT2D eigenvalue weighted by atomic mass is 10.3. The van der Waals surface area contributed by atoms with Crippen LogP contribution in [-0.2, 0) is 6.54 Å². The maximum Gasteiger partial charge on any atom is 0.138 e. The Labute approximate surface area is 107 Å². The van der Waals surface area contributed by atoms with E-state index in [0.717, 1.165) is 22.6 Å². The fraction of sp³-hybridized carbons (Fsp3) is 0.167. The Kier molecular flexibility index (Phi) is 2.78. The van der Waals surface area contributed by atoms with Gasteiger partial charge >= 0.3 is 0 Å². The van der Waals surface area contributed by atoms with Crippen LogP contribution in [0.2, 0.25) is 0 Å². The molecule has 0 aliphatic carbocycles. The van der Waals surface area contributed by atoms with Crippen molar-refractivity contribution in [3.8, 4) is 0 Å². The molecule has 3 rings (SSSR count). The smallest absolute Gasteiger partial charge is 0.138 e. The van der Waals surface area contributed by atoms with Gasteiger partial charge in [0.2, 0.25) is 0 Å². The zero-order valence-electron chi connectivity index (χ0n) is 9.30. The topological polar surface area (TPSA) is 37.8 Å². The fourth-order valence-corrected chi connectivity index (χ4v) is 3.19. The summed E-state index contributed by atoms with van der Waals surface area (Å²) in [6, 6.07) is 6.32. The molecule has 1 N–H and O–H groups in total. The molecule has 3 nitrogen and oxygen atoms in total. The molecule has 0 bridgehead atoms.